The Morgan fingerprint density at radius 1 is 1.43 bits per heavy atom. The van der Waals surface area contributed by atoms with E-state index >= 15 is 0 Å². The molecule has 0 heterocycles. The quantitative estimate of drug-likeness (QED) is 0.648. The second-order valence-electron chi connectivity index (χ2n) is 3.53. The van der Waals surface area contributed by atoms with Gasteiger partial charge in [0.05, 0.1) is 4.47 Å². The van der Waals surface area contributed by atoms with E-state index in [0.717, 1.165) is 5.56 Å². The van der Waals surface area contributed by atoms with Crippen LogP contribution in [0, 0.1) is 11.7 Å². The molecule has 1 aromatic carbocycles. The highest BCUT2D eigenvalue weighted by molar-refractivity contribution is 9.10. The molecule has 0 aliphatic carbocycles. The van der Waals surface area contributed by atoms with E-state index in [4.69, 9.17) is 5.84 Å². The van der Waals surface area contributed by atoms with E-state index in [1.165, 1.54) is 6.07 Å². The van der Waals surface area contributed by atoms with Crippen LogP contribution in [0.2, 0.25) is 0 Å². The predicted octanol–water partition coefficient (Wildman–Crippen LogP) is 2.75. The van der Waals surface area contributed by atoms with Crippen molar-refractivity contribution in [2.75, 3.05) is 0 Å². The zero-order valence-electron chi connectivity index (χ0n) is 8.22. The number of hydrogen-bond donors (Lipinski definition) is 2. The van der Waals surface area contributed by atoms with Crippen LogP contribution >= 0.6 is 15.9 Å². The Kier molecular flexibility index (Phi) is 4.04. The summed E-state index contributed by atoms with van der Waals surface area (Å²) in [7, 11) is 0. The molecule has 0 saturated carbocycles. The zero-order chi connectivity index (χ0) is 10.7. The summed E-state index contributed by atoms with van der Waals surface area (Å²) in [5.41, 5.74) is 3.54. The smallest absolute Gasteiger partial charge is 0.137 e. The summed E-state index contributed by atoms with van der Waals surface area (Å²) in [6, 6.07) is 4.92. The van der Waals surface area contributed by atoms with Gasteiger partial charge in [0, 0.05) is 6.04 Å². The van der Waals surface area contributed by atoms with Gasteiger partial charge >= 0.3 is 0 Å². The number of rotatable bonds is 3. The maximum absolute atomic E-state index is 13.2. The third-order valence-electron chi connectivity index (χ3n) is 2.16. The lowest BCUT2D eigenvalue weighted by Crippen LogP contribution is -2.31. The molecule has 1 aromatic rings. The molecule has 0 bridgehead atoms. The van der Waals surface area contributed by atoms with Crippen molar-refractivity contribution in [3.05, 3.63) is 34.1 Å². The zero-order valence-corrected chi connectivity index (χ0v) is 9.81. The largest absolute Gasteiger partial charge is 0.271 e. The minimum atomic E-state index is -0.261. The summed E-state index contributed by atoms with van der Waals surface area (Å²) in [5.74, 6) is 5.47. The molecule has 4 heteroatoms. The molecular weight excluding hydrogens is 247 g/mol. The van der Waals surface area contributed by atoms with E-state index in [2.05, 4.69) is 21.4 Å². The van der Waals surface area contributed by atoms with Crippen molar-refractivity contribution in [1.29, 1.82) is 0 Å². The lowest BCUT2D eigenvalue weighted by Gasteiger charge is -2.21. The lowest BCUT2D eigenvalue weighted by molar-refractivity contribution is 0.417. The number of hydrogen-bond acceptors (Lipinski definition) is 2. The van der Waals surface area contributed by atoms with Gasteiger partial charge in [-0.15, -0.1) is 0 Å². The van der Waals surface area contributed by atoms with Crippen molar-refractivity contribution in [1.82, 2.24) is 5.43 Å². The van der Waals surface area contributed by atoms with Crippen molar-refractivity contribution in [2.45, 2.75) is 19.9 Å². The molecule has 14 heavy (non-hydrogen) atoms. The van der Waals surface area contributed by atoms with Gasteiger partial charge in [0.15, 0.2) is 0 Å². The van der Waals surface area contributed by atoms with Crippen LogP contribution in [0.4, 0.5) is 4.39 Å². The van der Waals surface area contributed by atoms with Crippen molar-refractivity contribution in [3.63, 3.8) is 0 Å². The van der Waals surface area contributed by atoms with Crippen molar-refractivity contribution in [2.24, 2.45) is 11.8 Å². The summed E-state index contributed by atoms with van der Waals surface area (Å²) in [6.07, 6.45) is 0. The third-order valence-corrected chi connectivity index (χ3v) is 3.00. The molecule has 2 nitrogen and oxygen atoms in total. The number of nitrogens with two attached hydrogens (primary N) is 1. The average Bonchev–Trinajstić information content (AvgIpc) is 2.13. The average molecular weight is 261 g/mol. The summed E-state index contributed by atoms with van der Waals surface area (Å²) < 4.78 is 13.7. The molecule has 0 spiro atoms. The van der Waals surface area contributed by atoms with Gasteiger partial charge in [-0.1, -0.05) is 26.0 Å². The lowest BCUT2D eigenvalue weighted by atomic mass is 9.97. The minimum Gasteiger partial charge on any atom is -0.271 e. The van der Waals surface area contributed by atoms with Crippen LogP contribution in [0.15, 0.2) is 22.7 Å². The Morgan fingerprint density at radius 3 is 2.57 bits per heavy atom. The van der Waals surface area contributed by atoms with Crippen LogP contribution < -0.4 is 11.3 Å². The van der Waals surface area contributed by atoms with Gasteiger partial charge in [-0.25, -0.2) is 4.39 Å². The second-order valence-corrected chi connectivity index (χ2v) is 4.32. The Morgan fingerprint density at radius 2 is 2.07 bits per heavy atom. The summed E-state index contributed by atoms with van der Waals surface area (Å²) in [4.78, 5) is 0. The van der Waals surface area contributed by atoms with Crippen LogP contribution in [0.5, 0.6) is 0 Å². The summed E-state index contributed by atoms with van der Waals surface area (Å²) in [6.45, 7) is 4.06. The van der Waals surface area contributed by atoms with Crippen LogP contribution in [-0.4, -0.2) is 0 Å². The monoisotopic (exact) mass is 260 g/mol. The molecule has 0 amide bonds. The van der Waals surface area contributed by atoms with E-state index in [1.54, 1.807) is 6.07 Å². The highest BCUT2D eigenvalue weighted by Gasteiger charge is 2.18. The first-order chi connectivity index (χ1) is 6.57. The molecule has 0 aliphatic heterocycles. The fourth-order valence-corrected chi connectivity index (χ4v) is 1.91. The van der Waals surface area contributed by atoms with Crippen molar-refractivity contribution >= 4 is 15.9 Å². The van der Waals surface area contributed by atoms with Gasteiger partial charge < -0.3 is 0 Å². The van der Waals surface area contributed by atoms with Crippen LogP contribution in [0.1, 0.15) is 25.5 Å². The number of hydrazine groups is 1. The third kappa shape index (κ3) is 2.32. The van der Waals surface area contributed by atoms with E-state index in [1.807, 2.05) is 19.9 Å². The Hall–Kier alpha value is -0.450. The molecular formula is C10H14BrFN2. The molecule has 1 rings (SSSR count). The first kappa shape index (κ1) is 11.6. The molecule has 0 aromatic heterocycles. The maximum Gasteiger partial charge on any atom is 0.137 e. The molecule has 1 atom stereocenters. The molecule has 0 radical (unpaired) electrons. The molecule has 0 saturated heterocycles. The van der Waals surface area contributed by atoms with Crippen LogP contribution in [-0.2, 0) is 0 Å². The highest BCUT2D eigenvalue weighted by atomic mass is 79.9. The number of benzene rings is 1. The fraction of sp³-hybridized carbons (Fsp3) is 0.400. The standard InChI is InChI=1S/C10H14BrFN2/c1-6(2)10(14-13)7-4-3-5-8(12)9(7)11/h3-6,10,14H,13H2,1-2H3. The molecule has 0 fully saturated rings. The SMILES string of the molecule is CC(C)C(NN)c1cccc(F)c1Br. The molecule has 0 aliphatic rings. The number of nitrogens with one attached hydrogen (secondary N) is 1. The van der Waals surface area contributed by atoms with Crippen molar-refractivity contribution < 1.29 is 4.39 Å². The van der Waals surface area contributed by atoms with E-state index in [-0.39, 0.29) is 11.9 Å². The molecule has 3 N–H and O–H groups in total. The Bertz CT molecular complexity index is 315. The molecule has 1 unspecified atom stereocenters. The van der Waals surface area contributed by atoms with E-state index < -0.39 is 0 Å². The summed E-state index contributed by atoms with van der Waals surface area (Å²) >= 11 is 3.22. The van der Waals surface area contributed by atoms with Gasteiger partial charge in [0.2, 0.25) is 0 Å². The minimum absolute atomic E-state index is 0.0416. The first-order valence-corrected chi connectivity index (χ1v) is 5.27. The van der Waals surface area contributed by atoms with Gasteiger partial charge in [0.25, 0.3) is 0 Å². The summed E-state index contributed by atoms with van der Waals surface area (Å²) in [5, 5.41) is 0. The van der Waals surface area contributed by atoms with Gasteiger partial charge in [-0.3, -0.25) is 11.3 Å². The highest BCUT2D eigenvalue weighted by Crippen LogP contribution is 2.29. The molecule has 78 valence electrons. The second kappa shape index (κ2) is 4.87. The Labute approximate surface area is 91.8 Å². The first-order valence-electron chi connectivity index (χ1n) is 4.48. The topological polar surface area (TPSA) is 38.0 Å². The van der Waals surface area contributed by atoms with Gasteiger partial charge in [0.1, 0.15) is 5.82 Å². The fourth-order valence-electron chi connectivity index (χ4n) is 1.40. The van der Waals surface area contributed by atoms with E-state index in [9.17, 15) is 4.39 Å². The van der Waals surface area contributed by atoms with Crippen LogP contribution in [0.3, 0.4) is 0 Å². The van der Waals surface area contributed by atoms with Crippen molar-refractivity contribution in [3.8, 4) is 0 Å². The van der Waals surface area contributed by atoms with E-state index in [0.29, 0.717) is 10.4 Å². The Balaban J connectivity index is 3.10. The van der Waals surface area contributed by atoms with Gasteiger partial charge in [-0.05, 0) is 33.5 Å². The van der Waals surface area contributed by atoms with Gasteiger partial charge in [-0.2, -0.15) is 0 Å². The predicted molar refractivity (Wildman–Crippen MR) is 59.0 cm³/mol. The normalized spacial score (nSPS) is 13.3. The number of halogens is 2. The maximum atomic E-state index is 13.2. The van der Waals surface area contributed by atoms with Crippen LogP contribution in [0.25, 0.3) is 0 Å².